The molecule has 0 fully saturated rings. The van der Waals surface area contributed by atoms with Gasteiger partial charge >= 0.3 is 0 Å². The third-order valence-electron chi connectivity index (χ3n) is 3.03. The van der Waals surface area contributed by atoms with Gasteiger partial charge in [-0.1, -0.05) is 24.3 Å². The third kappa shape index (κ3) is 1.71. The summed E-state index contributed by atoms with van der Waals surface area (Å²) in [6.45, 7) is -0.157. The van der Waals surface area contributed by atoms with Crippen LogP contribution in [0.25, 0.3) is 10.8 Å². The van der Waals surface area contributed by atoms with Gasteiger partial charge < -0.3 is 4.74 Å². The van der Waals surface area contributed by atoms with Crippen molar-refractivity contribution < 1.29 is 19.2 Å². The third-order valence-corrected chi connectivity index (χ3v) is 3.03. The minimum Gasteiger partial charge on any atom is -0.356 e. The van der Waals surface area contributed by atoms with Gasteiger partial charge in [0.25, 0.3) is 11.8 Å². The number of carbonyl (C=O) groups excluding carboxylic acids is 2. The average molecular weight is 257 g/mol. The maximum Gasteiger partial charge on any atom is 0.285 e. The van der Waals surface area contributed by atoms with Crippen LogP contribution in [0.15, 0.2) is 36.4 Å². The van der Waals surface area contributed by atoms with E-state index in [9.17, 15) is 9.59 Å². The Kier molecular flexibility index (Phi) is 2.77. The summed E-state index contributed by atoms with van der Waals surface area (Å²) in [5, 5.41) is 2.29. The Morgan fingerprint density at radius 3 is 2.11 bits per heavy atom. The quantitative estimate of drug-likeness (QED) is 0.623. The van der Waals surface area contributed by atoms with Gasteiger partial charge in [0.1, 0.15) is 0 Å². The Morgan fingerprint density at radius 1 is 1.00 bits per heavy atom. The van der Waals surface area contributed by atoms with Gasteiger partial charge in [-0.3, -0.25) is 9.59 Å². The van der Waals surface area contributed by atoms with E-state index < -0.39 is 11.8 Å². The van der Waals surface area contributed by atoms with Gasteiger partial charge in [-0.05, 0) is 17.5 Å². The van der Waals surface area contributed by atoms with Crippen LogP contribution in [0, 0.1) is 0 Å². The van der Waals surface area contributed by atoms with E-state index in [-0.39, 0.29) is 6.79 Å². The lowest BCUT2D eigenvalue weighted by molar-refractivity contribution is -0.162. The van der Waals surface area contributed by atoms with Gasteiger partial charge in [-0.2, -0.15) is 0 Å². The molecule has 5 heteroatoms. The molecule has 2 aromatic rings. The summed E-state index contributed by atoms with van der Waals surface area (Å²) >= 11 is 0. The summed E-state index contributed by atoms with van der Waals surface area (Å²) in [4.78, 5) is 29.5. The molecular formula is C14H11NO4. The number of carbonyl (C=O) groups is 2. The van der Waals surface area contributed by atoms with Crippen LogP contribution >= 0.6 is 0 Å². The smallest absolute Gasteiger partial charge is 0.285 e. The van der Waals surface area contributed by atoms with Crippen LogP contribution in [-0.4, -0.2) is 30.8 Å². The predicted octanol–water partition coefficient (Wildman–Crippen LogP) is 1.97. The van der Waals surface area contributed by atoms with E-state index in [4.69, 9.17) is 9.57 Å². The molecule has 1 aliphatic heterocycles. The minimum atomic E-state index is -0.466. The van der Waals surface area contributed by atoms with Crippen molar-refractivity contribution in [2.75, 3.05) is 13.9 Å². The van der Waals surface area contributed by atoms with E-state index in [1.807, 2.05) is 12.1 Å². The fraction of sp³-hybridized carbons (Fsp3) is 0.143. The van der Waals surface area contributed by atoms with Crippen molar-refractivity contribution in [1.29, 1.82) is 0 Å². The Hall–Kier alpha value is -2.24. The first kappa shape index (κ1) is 11.8. The summed E-state index contributed by atoms with van der Waals surface area (Å²) in [5.41, 5.74) is 0.924. The fourth-order valence-electron chi connectivity index (χ4n) is 2.23. The number of methoxy groups -OCH3 is 1. The topological polar surface area (TPSA) is 55.8 Å². The molecule has 5 nitrogen and oxygen atoms in total. The first-order chi connectivity index (χ1) is 9.24. The molecule has 0 saturated carbocycles. The van der Waals surface area contributed by atoms with Crippen LogP contribution in [0.2, 0.25) is 0 Å². The highest BCUT2D eigenvalue weighted by Crippen LogP contribution is 2.29. The lowest BCUT2D eigenvalue weighted by Gasteiger charge is -2.25. The maximum atomic E-state index is 12.2. The molecule has 2 amide bonds. The largest absolute Gasteiger partial charge is 0.356 e. The minimum absolute atomic E-state index is 0.157. The van der Waals surface area contributed by atoms with Crippen LogP contribution in [0.4, 0.5) is 0 Å². The van der Waals surface area contributed by atoms with Gasteiger partial charge in [-0.15, -0.1) is 5.06 Å². The molecule has 2 aromatic carbocycles. The highest BCUT2D eigenvalue weighted by Gasteiger charge is 2.33. The molecule has 0 N–H and O–H groups in total. The van der Waals surface area contributed by atoms with Gasteiger partial charge in [0, 0.05) is 12.5 Å². The first-order valence-electron chi connectivity index (χ1n) is 5.76. The van der Waals surface area contributed by atoms with Crippen molar-refractivity contribution in [3.63, 3.8) is 0 Å². The highest BCUT2D eigenvalue weighted by molar-refractivity contribution is 6.24. The van der Waals surface area contributed by atoms with E-state index in [1.54, 1.807) is 24.3 Å². The molecule has 0 bridgehead atoms. The summed E-state index contributed by atoms with van der Waals surface area (Å²) in [7, 11) is 1.42. The van der Waals surface area contributed by atoms with E-state index in [1.165, 1.54) is 7.11 Å². The summed E-state index contributed by atoms with van der Waals surface area (Å²) in [5.74, 6) is -0.933. The maximum absolute atomic E-state index is 12.2. The van der Waals surface area contributed by atoms with Crippen molar-refractivity contribution in [3.05, 3.63) is 47.5 Å². The monoisotopic (exact) mass is 257 g/mol. The number of nitrogens with zero attached hydrogens (tertiary/aromatic N) is 1. The number of ether oxygens (including phenoxy) is 1. The number of imide groups is 1. The van der Waals surface area contributed by atoms with E-state index in [0.29, 0.717) is 16.5 Å². The lowest BCUT2D eigenvalue weighted by atomic mass is 9.95. The van der Waals surface area contributed by atoms with Crippen LogP contribution in [0.1, 0.15) is 20.7 Å². The molecule has 1 aliphatic rings. The van der Waals surface area contributed by atoms with Crippen molar-refractivity contribution in [3.8, 4) is 0 Å². The zero-order valence-electron chi connectivity index (χ0n) is 10.3. The summed E-state index contributed by atoms with van der Waals surface area (Å²) < 4.78 is 4.73. The molecular weight excluding hydrogens is 246 g/mol. The zero-order chi connectivity index (χ0) is 13.4. The molecule has 3 rings (SSSR count). The number of benzene rings is 2. The van der Waals surface area contributed by atoms with Crippen molar-refractivity contribution in [2.24, 2.45) is 0 Å². The Balaban J connectivity index is 2.19. The SMILES string of the molecule is COCON1C(=O)c2cccc3cccc(c23)C1=O. The molecule has 0 aliphatic carbocycles. The molecule has 0 unspecified atom stereocenters. The predicted molar refractivity (Wildman–Crippen MR) is 67.4 cm³/mol. The van der Waals surface area contributed by atoms with E-state index in [2.05, 4.69) is 0 Å². The summed E-state index contributed by atoms with van der Waals surface area (Å²) in [6.07, 6.45) is 0. The van der Waals surface area contributed by atoms with Gasteiger partial charge in [-0.25, -0.2) is 4.84 Å². The molecule has 0 radical (unpaired) electrons. The molecule has 96 valence electrons. The van der Waals surface area contributed by atoms with Crippen molar-refractivity contribution in [1.82, 2.24) is 5.06 Å². The molecule has 0 saturated heterocycles. The van der Waals surface area contributed by atoms with Crippen molar-refractivity contribution in [2.45, 2.75) is 0 Å². The Morgan fingerprint density at radius 2 is 1.58 bits per heavy atom. The first-order valence-corrected chi connectivity index (χ1v) is 5.76. The molecule has 0 atom stereocenters. The number of hydrogen-bond donors (Lipinski definition) is 0. The number of hydrogen-bond acceptors (Lipinski definition) is 4. The standard InChI is InChI=1S/C14H11NO4/c1-18-8-19-15-13(16)10-6-2-4-9-5-3-7-11(12(9)10)14(15)17/h2-7H,8H2,1H3. The second-order valence-electron chi connectivity index (χ2n) is 4.15. The molecule has 1 heterocycles. The van der Waals surface area contributed by atoms with E-state index >= 15 is 0 Å². The second-order valence-corrected chi connectivity index (χ2v) is 4.15. The lowest BCUT2D eigenvalue weighted by Crippen LogP contribution is -2.40. The van der Waals surface area contributed by atoms with Gasteiger partial charge in [0.15, 0.2) is 6.79 Å². The van der Waals surface area contributed by atoms with Crippen LogP contribution in [0.3, 0.4) is 0 Å². The van der Waals surface area contributed by atoms with Crippen LogP contribution in [0.5, 0.6) is 0 Å². The normalized spacial score (nSPS) is 14.3. The van der Waals surface area contributed by atoms with Crippen LogP contribution in [-0.2, 0) is 9.57 Å². The van der Waals surface area contributed by atoms with Crippen LogP contribution < -0.4 is 0 Å². The van der Waals surface area contributed by atoms with Crippen molar-refractivity contribution >= 4 is 22.6 Å². The number of rotatable bonds is 3. The number of hydroxylamine groups is 2. The van der Waals surface area contributed by atoms with E-state index in [0.717, 1.165) is 10.4 Å². The Bertz CT molecular complexity index is 629. The number of amides is 2. The van der Waals surface area contributed by atoms with Gasteiger partial charge in [0.05, 0.1) is 11.1 Å². The molecule has 19 heavy (non-hydrogen) atoms. The average Bonchev–Trinajstić information content (AvgIpc) is 2.44. The highest BCUT2D eigenvalue weighted by atomic mass is 16.8. The van der Waals surface area contributed by atoms with Gasteiger partial charge in [0.2, 0.25) is 0 Å². The second kappa shape index (κ2) is 4.46. The fourth-order valence-corrected chi connectivity index (χ4v) is 2.23. The molecule has 0 spiro atoms. The molecule has 0 aromatic heterocycles. The summed E-state index contributed by atoms with van der Waals surface area (Å²) in [6, 6.07) is 10.7. The zero-order valence-corrected chi connectivity index (χ0v) is 10.3. The Labute approximate surface area is 109 Å².